The number of methoxy groups -OCH3 is 1. The Balaban J connectivity index is 2.31. The van der Waals surface area contributed by atoms with Crippen molar-refractivity contribution in [2.75, 3.05) is 19.5 Å². The number of H-pyrrole nitrogens is 1. The Hall–Kier alpha value is -3.42. The van der Waals surface area contributed by atoms with Crippen molar-refractivity contribution in [3.05, 3.63) is 46.6 Å². The highest BCUT2D eigenvalue weighted by Crippen LogP contribution is 2.33. The number of anilines is 1. The van der Waals surface area contributed by atoms with Gasteiger partial charge in [-0.25, -0.2) is 4.79 Å². The van der Waals surface area contributed by atoms with Crippen LogP contribution in [0.1, 0.15) is 17.3 Å². The van der Waals surface area contributed by atoms with E-state index >= 15 is 0 Å². The largest absolute Gasteiger partial charge is 0.496 e. The monoisotopic (exact) mass is 340 g/mol. The molecule has 25 heavy (non-hydrogen) atoms. The van der Waals surface area contributed by atoms with E-state index in [0.29, 0.717) is 27.9 Å². The Morgan fingerprint density at radius 2 is 2.12 bits per heavy atom. The first-order valence-corrected chi connectivity index (χ1v) is 7.54. The average Bonchev–Trinajstić information content (AvgIpc) is 2.61. The molecular weight excluding hydrogens is 324 g/mol. The number of hydrogen-bond acceptors (Lipinski definition) is 7. The molecule has 0 bridgehead atoms. The predicted molar refractivity (Wildman–Crippen MR) is 92.5 cm³/mol. The third-order valence-electron chi connectivity index (χ3n) is 3.71. The number of hydrogen-bond donors (Lipinski definition) is 2. The van der Waals surface area contributed by atoms with Crippen LogP contribution in [0.15, 0.2) is 35.5 Å². The number of nitrogens with zero attached hydrogens (tertiary/aromatic N) is 2. The lowest BCUT2D eigenvalue weighted by atomic mass is 10.1. The van der Waals surface area contributed by atoms with E-state index in [1.54, 1.807) is 31.5 Å². The topological polar surface area (TPSA) is 120 Å². The fraction of sp³-hybridized carbons (Fsp3) is 0.176. The fourth-order valence-electron chi connectivity index (χ4n) is 2.59. The molecule has 128 valence electrons. The van der Waals surface area contributed by atoms with Crippen molar-refractivity contribution in [3.63, 3.8) is 0 Å². The van der Waals surface area contributed by atoms with Crippen molar-refractivity contribution in [1.82, 2.24) is 15.0 Å². The summed E-state index contributed by atoms with van der Waals surface area (Å²) in [7, 11) is 1.53. The predicted octanol–water partition coefficient (Wildman–Crippen LogP) is 1.75. The Labute approximate surface area is 142 Å². The second kappa shape index (κ2) is 6.60. The molecule has 0 radical (unpaired) electrons. The summed E-state index contributed by atoms with van der Waals surface area (Å²) in [5.41, 5.74) is 6.69. The zero-order chi connectivity index (χ0) is 18.0. The minimum Gasteiger partial charge on any atom is -0.496 e. The Morgan fingerprint density at radius 1 is 1.32 bits per heavy atom. The molecule has 3 rings (SSSR count). The summed E-state index contributed by atoms with van der Waals surface area (Å²) in [5.74, 6) is -0.218. The van der Waals surface area contributed by atoms with Gasteiger partial charge in [0.25, 0.3) is 5.56 Å². The summed E-state index contributed by atoms with van der Waals surface area (Å²) in [6.07, 6.45) is 4.70. The maximum Gasteiger partial charge on any atom is 0.345 e. The van der Waals surface area contributed by atoms with Crippen molar-refractivity contribution < 1.29 is 14.3 Å². The zero-order valence-corrected chi connectivity index (χ0v) is 13.7. The van der Waals surface area contributed by atoms with E-state index in [9.17, 15) is 9.59 Å². The van der Waals surface area contributed by atoms with Crippen LogP contribution in [-0.2, 0) is 4.74 Å². The second-order valence-electron chi connectivity index (χ2n) is 5.12. The van der Waals surface area contributed by atoms with Gasteiger partial charge in [0.15, 0.2) is 0 Å². The summed E-state index contributed by atoms with van der Waals surface area (Å²) < 4.78 is 10.2. The van der Waals surface area contributed by atoms with Gasteiger partial charge in [-0.05, 0) is 19.1 Å². The zero-order valence-electron chi connectivity index (χ0n) is 13.7. The van der Waals surface area contributed by atoms with Crippen LogP contribution in [0.2, 0.25) is 0 Å². The minimum atomic E-state index is -0.763. The number of esters is 1. The molecule has 3 aromatic heterocycles. The van der Waals surface area contributed by atoms with E-state index in [1.807, 2.05) is 0 Å². The van der Waals surface area contributed by atoms with Crippen molar-refractivity contribution >= 4 is 22.6 Å². The maximum absolute atomic E-state index is 12.4. The van der Waals surface area contributed by atoms with Gasteiger partial charge >= 0.3 is 5.97 Å². The van der Waals surface area contributed by atoms with Crippen LogP contribution < -0.4 is 16.0 Å². The minimum absolute atomic E-state index is 0.0451. The van der Waals surface area contributed by atoms with Gasteiger partial charge in [-0.15, -0.1) is 0 Å². The highest BCUT2D eigenvalue weighted by Gasteiger charge is 2.21. The molecule has 0 aliphatic carbocycles. The van der Waals surface area contributed by atoms with E-state index in [2.05, 4.69) is 15.0 Å². The number of fused-ring (bicyclic) bond motifs is 1. The van der Waals surface area contributed by atoms with Gasteiger partial charge in [-0.1, -0.05) is 0 Å². The molecule has 0 saturated heterocycles. The number of rotatable bonds is 4. The third kappa shape index (κ3) is 2.78. The molecule has 0 saturated carbocycles. The van der Waals surface area contributed by atoms with Gasteiger partial charge in [-0.3, -0.25) is 14.8 Å². The number of aromatic nitrogens is 3. The summed E-state index contributed by atoms with van der Waals surface area (Å²) >= 11 is 0. The van der Waals surface area contributed by atoms with E-state index in [4.69, 9.17) is 15.2 Å². The lowest BCUT2D eigenvalue weighted by Gasteiger charge is -2.12. The van der Waals surface area contributed by atoms with Crippen molar-refractivity contribution in [3.8, 4) is 17.0 Å². The first-order valence-electron chi connectivity index (χ1n) is 7.54. The standard InChI is InChI=1S/C17H16N4O4/c1-3-25-17(23)12-13(18)9-4-7-20-14(15(9)21-16(12)22)10-8-19-6-5-11(10)24-2/h4-8H,3H2,1-2H3,(H3,18,21,22). The molecule has 0 unspecified atom stereocenters. The van der Waals surface area contributed by atoms with E-state index in [-0.39, 0.29) is 17.9 Å². The number of nitrogens with one attached hydrogen (secondary N) is 1. The molecule has 0 amide bonds. The number of pyridine rings is 3. The van der Waals surface area contributed by atoms with Crippen LogP contribution in [0.4, 0.5) is 5.69 Å². The normalized spacial score (nSPS) is 10.6. The maximum atomic E-state index is 12.4. The van der Waals surface area contributed by atoms with Crippen LogP contribution in [0, 0.1) is 0 Å². The molecule has 3 N–H and O–H groups in total. The lowest BCUT2D eigenvalue weighted by Crippen LogP contribution is -2.22. The molecular formula is C17H16N4O4. The number of nitrogens with two attached hydrogens (primary N) is 1. The number of carbonyl (C=O) groups excluding carboxylic acids is 1. The SMILES string of the molecule is CCOC(=O)c1c(N)c2ccnc(-c3cnccc3OC)c2[nH]c1=O. The molecule has 0 fully saturated rings. The molecule has 0 aliphatic heterocycles. The van der Waals surface area contributed by atoms with Gasteiger partial charge in [-0.2, -0.15) is 0 Å². The van der Waals surface area contributed by atoms with Gasteiger partial charge in [0.2, 0.25) is 0 Å². The van der Waals surface area contributed by atoms with Crippen molar-refractivity contribution in [2.45, 2.75) is 6.92 Å². The van der Waals surface area contributed by atoms with Gasteiger partial charge in [0, 0.05) is 24.0 Å². The third-order valence-corrected chi connectivity index (χ3v) is 3.71. The summed E-state index contributed by atoms with van der Waals surface area (Å²) in [5, 5.41) is 0.485. The first kappa shape index (κ1) is 16.4. The van der Waals surface area contributed by atoms with Gasteiger partial charge in [0.05, 0.1) is 36.2 Å². The Kier molecular flexibility index (Phi) is 4.34. The summed E-state index contributed by atoms with van der Waals surface area (Å²) in [6, 6.07) is 3.31. The first-order chi connectivity index (χ1) is 12.1. The van der Waals surface area contributed by atoms with Gasteiger partial charge in [0.1, 0.15) is 11.3 Å². The number of nitrogen functional groups attached to an aromatic ring is 1. The van der Waals surface area contributed by atoms with E-state index in [1.165, 1.54) is 13.3 Å². The average molecular weight is 340 g/mol. The van der Waals surface area contributed by atoms with Crippen molar-refractivity contribution in [2.24, 2.45) is 0 Å². The smallest absolute Gasteiger partial charge is 0.345 e. The van der Waals surface area contributed by atoms with Crippen LogP contribution in [0.3, 0.4) is 0 Å². The van der Waals surface area contributed by atoms with E-state index in [0.717, 1.165) is 0 Å². The van der Waals surface area contributed by atoms with Crippen molar-refractivity contribution in [1.29, 1.82) is 0 Å². The molecule has 0 spiro atoms. The quantitative estimate of drug-likeness (QED) is 0.694. The van der Waals surface area contributed by atoms with Crippen LogP contribution >= 0.6 is 0 Å². The molecule has 0 aliphatic rings. The summed E-state index contributed by atoms with van der Waals surface area (Å²) in [6.45, 7) is 1.80. The fourth-order valence-corrected chi connectivity index (χ4v) is 2.59. The molecule has 0 atom stereocenters. The molecule has 0 aromatic carbocycles. The highest BCUT2D eigenvalue weighted by molar-refractivity contribution is 6.06. The van der Waals surface area contributed by atoms with E-state index < -0.39 is 11.5 Å². The summed E-state index contributed by atoms with van der Waals surface area (Å²) in [4.78, 5) is 35.5. The molecule has 8 heteroatoms. The molecule has 3 heterocycles. The molecule has 8 nitrogen and oxygen atoms in total. The van der Waals surface area contributed by atoms with Crippen LogP contribution in [0.25, 0.3) is 22.2 Å². The number of carbonyl (C=O) groups is 1. The Morgan fingerprint density at radius 3 is 2.84 bits per heavy atom. The highest BCUT2D eigenvalue weighted by atomic mass is 16.5. The van der Waals surface area contributed by atoms with Crippen LogP contribution in [0.5, 0.6) is 5.75 Å². The Bertz CT molecular complexity index is 1010. The number of aromatic amines is 1. The number of ether oxygens (including phenoxy) is 2. The van der Waals surface area contributed by atoms with Gasteiger partial charge < -0.3 is 20.2 Å². The van der Waals surface area contributed by atoms with Crippen LogP contribution in [-0.4, -0.2) is 34.6 Å². The molecule has 3 aromatic rings. The second-order valence-corrected chi connectivity index (χ2v) is 5.12. The lowest BCUT2D eigenvalue weighted by molar-refractivity contribution is 0.0526.